The van der Waals surface area contributed by atoms with Gasteiger partial charge in [0.1, 0.15) is 6.04 Å². The van der Waals surface area contributed by atoms with Crippen LogP contribution in [0.2, 0.25) is 0 Å². The highest BCUT2D eigenvalue weighted by Gasteiger charge is 2.35. The molecule has 1 heterocycles. The fraction of sp³-hybridized carbons (Fsp3) is 0.615. The summed E-state index contributed by atoms with van der Waals surface area (Å²) in [5, 5.41) is 8.55. The maximum Gasteiger partial charge on any atom is 0.286 e. The zero-order valence-corrected chi connectivity index (χ0v) is 22.7. The van der Waals surface area contributed by atoms with Crippen molar-refractivity contribution < 1.29 is 14.0 Å². The first-order valence-electron chi connectivity index (χ1n) is 12.5. The van der Waals surface area contributed by atoms with E-state index in [9.17, 15) is 9.59 Å². The molecular weight excluding hydrogens is 484 g/mol. The summed E-state index contributed by atoms with van der Waals surface area (Å²) in [7, 11) is 0. The fourth-order valence-electron chi connectivity index (χ4n) is 4.57. The van der Waals surface area contributed by atoms with Gasteiger partial charge in [0, 0.05) is 24.9 Å². The Labute approximate surface area is 219 Å². The molecule has 1 aliphatic rings. The number of aromatic nitrogens is 2. The third kappa shape index (κ3) is 8.92. The Bertz CT molecular complexity index is 890. The zero-order valence-electron chi connectivity index (χ0n) is 21.1. The largest absolute Gasteiger partial charge is 0.408 e. The Morgan fingerprint density at radius 1 is 1.17 bits per heavy atom. The Hall–Kier alpha value is -1.90. The van der Waals surface area contributed by atoms with Gasteiger partial charge in [-0.3, -0.25) is 14.5 Å². The third-order valence-corrected chi connectivity index (χ3v) is 7.22. The van der Waals surface area contributed by atoms with E-state index in [1.807, 2.05) is 6.07 Å². The minimum atomic E-state index is -0.555. The van der Waals surface area contributed by atoms with Crippen molar-refractivity contribution >= 4 is 36.4 Å². The number of halogens is 1. The quantitative estimate of drug-likeness (QED) is 0.184. The second kappa shape index (κ2) is 15.3. The number of carbonyl (C=O) groups is 2. The molecule has 1 aromatic heterocycles. The van der Waals surface area contributed by atoms with Crippen LogP contribution in [0, 0.1) is 5.92 Å². The molecule has 1 atom stereocenters. The number of Topliss-reactive ketones (excluding diaryl/α,β-unsaturated/α-hetero) is 1. The minimum absolute atomic E-state index is 0. The lowest BCUT2D eigenvalue weighted by molar-refractivity contribution is -0.122. The van der Waals surface area contributed by atoms with Crippen molar-refractivity contribution in [2.24, 2.45) is 5.92 Å². The number of rotatable bonds is 14. The molecule has 0 bridgehead atoms. The van der Waals surface area contributed by atoms with Crippen LogP contribution in [-0.4, -0.2) is 63.1 Å². The minimum Gasteiger partial charge on any atom is -0.408 e. The van der Waals surface area contributed by atoms with Crippen LogP contribution in [0.3, 0.4) is 0 Å². The van der Waals surface area contributed by atoms with Crippen molar-refractivity contribution in [1.82, 2.24) is 20.0 Å². The lowest BCUT2D eigenvalue weighted by Crippen LogP contribution is -2.48. The molecule has 1 fully saturated rings. The summed E-state index contributed by atoms with van der Waals surface area (Å²) in [6, 6.07) is 9.97. The van der Waals surface area contributed by atoms with E-state index in [-0.39, 0.29) is 36.0 Å². The van der Waals surface area contributed by atoms with Crippen LogP contribution in [0.15, 0.2) is 40.0 Å². The molecule has 2 aromatic rings. The highest BCUT2D eigenvalue weighted by atomic mass is 35.5. The molecule has 194 valence electrons. The highest BCUT2D eigenvalue weighted by Crippen LogP contribution is 2.27. The number of ketones is 1. The van der Waals surface area contributed by atoms with Gasteiger partial charge in [-0.15, -0.1) is 22.6 Å². The van der Waals surface area contributed by atoms with E-state index >= 15 is 0 Å². The smallest absolute Gasteiger partial charge is 0.286 e. The van der Waals surface area contributed by atoms with Gasteiger partial charge >= 0.3 is 0 Å². The average Bonchev–Trinajstić information content (AvgIpc) is 3.33. The molecule has 1 unspecified atom stereocenters. The van der Waals surface area contributed by atoms with E-state index in [1.54, 1.807) is 4.90 Å². The first kappa shape index (κ1) is 29.3. The van der Waals surface area contributed by atoms with Crippen LogP contribution >= 0.6 is 24.2 Å². The number of hydrogen-bond acceptors (Lipinski definition) is 7. The predicted octanol–water partition coefficient (Wildman–Crippen LogP) is 5.49. The second-order valence-electron chi connectivity index (χ2n) is 9.43. The van der Waals surface area contributed by atoms with Gasteiger partial charge in [-0.1, -0.05) is 82.1 Å². The fourth-order valence-corrected chi connectivity index (χ4v) is 5.33. The number of nitrogens with zero attached hydrogens (tertiary/aromatic N) is 4. The molecule has 0 saturated heterocycles. The SMILES string of the molecule is CCN(CCSc1nnc(C(=O)C(CC(C)C)N(C=O)C2CCCCC2)o1)Cc1ccccc1.Cl. The predicted molar refractivity (Wildman–Crippen MR) is 142 cm³/mol. The highest BCUT2D eigenvalue weighted by molar-refractivity contribution is 7.99. The first-order valence-corrected chi connectivity index (χ1v) is 13.5. The van der Waals surface area contributed by atoms with Gasteiger partial charge in [0.2, 0.25) is 12.2 Å². The van der Waals surface area contributed by atoms with Gasteiger partial charge in [-0.2, -0.15) is 0 Å². The Morgan fingerprint density at radius 3 is 2.51 bits per heavy atom. The van der Waals surface area contributed by atoms with E-state index in [1.165, 1.54) is 23.7 Å². The number of thioether (sulfide) groups is 1. The summed E-state index contributed by atoms with van der Waals surface area (Å²) in [4.78, 5) is 29.5. The van der Waals surface area contributed by atoms with Gasteiger partial charge in [-0.25, -0.2) is 0 Å². The summed E-state index contributed by atoms with van der Waals surface area (Å²) in [6.45, 7) is 8.99. The van der Waals surface area contributed by atoms with Crippen LogP contribution in [0.4, 0.5) is 0 Å². The van der Waals surface area contributed by atoms with Gasteiger partial charge in [0.15, 0.2) is 0 Å². The van der Waals surface area contributed by atoms with Gasteiger partial charge in [0.05, 0.1) is 0 Å². The standard InChI is InChI=1S/C26H38N4O3S.ClH/c1-4-29(18-21-11-7-5-8-12-21)15-16-34-26-28-27-25(33-26)24(32)23(17-20(2)3)30(19-31)22-13-9-6-10-14-22;/h5,7-8,11-12,19-20,22-23H,4,6,9-10,13-18H2,1-3H3;1H. The summed E-state index contributed by atoms with van der Waals surface area (Å²) in [6.07, 6.45) is 6.71. The Balaban J connectivity index is 0.00000432. The topological polar surface area (TPSA) is 79.5 Å². The summed E-state index contributed by atoms with van der Waals surface area (Å²) in [5.74, 6) is 0.813. The molecule has 0 aliphatic heterocycles. The summed E-state index contributed by atoms with van der Waals surface area (Å²) >= 11 is 1.46. The van der Waals surface area contributed by atoms with Crippen molar-refractivity contribution in [2.45, 2.75) is 83.1 Å². The van der Waals surface area contributed by atoms with Crippen molar-refractivity contribution in [2.75, 3.05) is 18.8 Å². The van der Waals surface area contributed by atoms with Gasteiger partial charge in [-0.05, 0) is 37.3 Å². The third-order valence-electron chi connectivity index (χ3n) is 6.42. The molecule has 0 spiro atoms. The molecule has 9 heteroatoms. The number of amides is 1. The van der Waals surface area contributed by atoms with Crippen LogP contribution in [0.5, 0.6) is 0 Å². The molecule has 0 radical (unpaired) electrons. The van der Waals surface area contributed by atoms with Gasteiger partial charge < -0.3 is 9.32 Å². The Kier molecular flexibility index (Phi) is 12.8. The molecule has 3 rings (SSSR count). The van der Waals surface area contributed by atoms with Crippen molar-refractivity contribution in [3.05, 3.63) is 41.8 Å². The normalized spacial score (nSPS) is 15.1. The van der Waals surface area contributed by atoms with E-state index in [0.717, 1.165) is 57.5 Å². The molecule has 1 saturated carbocycles. The summed E-state index contributed by atoms with van der Waals surface area (Å²) < 4.78 is 5.75. The van der Waals surface area contributed by atoms with Crippen LogP contribution in [0.1, 0.15) is 75.5 Å². The lowest BCUT2D eigenvalue weighted by atomic mass is 9.91. The molecule has 0 N–H and O–H groups in total. The van der Waals surface area contributed by atoms with Crippen molar-refractivity contribution in [3.8, 4) is 0 Å². The van der Waals surface area contributed by atoms with Crippen molar-refractivity contribution in [1.29, 1.82) is 0 Å². The lowest BCUT2D eigenvalue weighted by Gasteiger charge is -2.36. The number of carbonyl (C=O) groups excluding carboxylic acids is 2. The van der Waals surface area contributed by atoms with Crippen LogP contribution in [-0.2, 0) is 11.3 Å². The maximum absolute atomic E-state index is 13.4. The average molecular weight is 523 g/mol. The van der Waals surface area contributed by atoms with Crippen LogP contribution < -0.4 is 0 Å². The van der Waals surface area contributed by atoms with Gasteiger partial charge in [0.25, 0.3) is 11.1 Å². The Morgan fingerprint density at radius 2 is 1.89 bits per heavy atom. The molecular formula is C26H39ClN4O3S. The molecule has 7 nitrogen and oxygen atoms in total. The van der Waals surface area contributed by atoms with E-state index < -0.39 is 6.04 Å². The molecule has 1 aliphatic carbocycles. The van der Waals surface area contributed by atoms with E-state index in [0.29, 0.717) is 11.6 Å². The number of hydrogen-bond donors (Lipinski definition) is 0. The second-order valence-corrected chi connectivity index (χ2v) is 10.5. The molecule has 1 amide bonds. The summed E-state index contributed by atoms with van der Waals surface area (Å²) in [5.41, 5.74) is 1.29. The maximum atomic E-state index is 13.4. The zero-order chi connectivity index (χ0) is 24.3. The van der Waals surface area contributed by atoms with E-state index in [2.05, 4.69) is 60.1 Å². The first-order chi connectivity index (χ1) is 16.5. The number of benzene rings is 1. The van der Waals surface area contributed by atoms with Crippen LogP contribution in [0.25, 0.3) is 0 Å². The molecule has 1 aromatic carbocycles. The van der Waals surface area contributed by atoms with E-state index in [4.69, 9.17) is 4.42 Å². The van der Waals surface area contributed by atoms with Crippen molar-refractivity contribution in [3.63, 3.8) is 0 Å². The molecule has 35 heavy (non-hydrogen) atoms. The monoisotopic (exact) mass is 522 g/mol.